The number of rotatable bonds is 29. The van der Waals surface area contributed by atoms with Crippen molar-refractivity contribution in [3.8, 4) is 0 Å². The van der Waals surface area contributed by atoms with Gasteiger partial charge in [-0.15, -0.1) is 0 Å². The third-order valence-electron chi connectivity index (χ3n) is 7.36. The zero-order valence-corrected chi connectivity index (χ0v) is 23.9. The van der Waals surface area contributed by atoms with E-state index in [2.05, 4.69) is 19.2 Å². The molecule has 0 aliphatic carbocycles. The summed E-state index contributed by atoms with van der Waals surface area (Å²) < 4.78 is 0. The number of hydrogen-bond acceptors (Lipinski definition) is 1. The lowest BCUT2D eigenvalue weighted by Gasteiger charge is -2.06. The van der Waals surface area contributed by atoms with Gasteiger partial charge in [-0.05, 0) is 12.8 Å². The summed E-state index contributed by atoms with van der Waals surface area (Å²) in [5.74, 6) is 0.275. The van der Waals surface area contributed by atoms with Crippen LogP contribution < -0.4 is 5.32 Å². The van der Waals surface area contributed by atoms with Gasteiger partial charge < -0.3 is 5.32 Å². The van der Waals surface area contributed by atoms with E-state index in [4.69, 9.17) is 0 Å². The van der Waals surface area contributed by atoms with Crippen molar-refractivity contribution in [3.05, 3.63) is 0 Å². The number of unbranched alkanes of at least 4 members (excludes halogenated alkanes) is 25. The van der Waals surface area contributed by atoms with Crippen molar-refractivity contribution in [2.24, 2.45) is 0 Å². The molecular weight excluding hydrogens is 414 g/mol. The molecule has 1 N–H and O–H groups in total. The Morgan fingerprint density at radius 2 is 0.647 bits per heavy atom. The topological polar surface area (TPSA) is 29.1 Å². The Morgan fingerprint density at radius 1 is 0.382 bits per heavy atom. The highest BCUT2D eigenvalue weighted by atomic mass is 16.1. The molecule has 0 aromatic rings. The number of nitrogens with one attached hydrogen (secondary N) is 1. The van der Waals surface area contributed by atoms with E-state index >= 15 is 0 Å². The average Bonchev–Trinajstić information content (AvgIpc) is 2.84. The molecule has 0 aliphatic rings. The van der Waals surface area contributed by atoms with Gasteiger partial charge in [0, 0.05) is 13.0 Å². The third kappa shape index (κ3) is 29.5. The SMILES string of the molecule is CCCCCCCCCCCCCCCCCCNC(=O)CCCCCCCCCCCCC. The van der Waals surface area contributed by atoms with Crippen LogP contribution in [0.25, 0.3) is 0 Å². The highest BCUT2D eigenvalue weighted by Crippen LogP contribution is 2.14. The van der Waals surface area contributed by atoms with Crippen LogP contribution in [0.1, 0.15) is 194 Å². The first-order valence-electron chi connectivity index (χ1n) is 16.1. The molecule has 0 saturated carbocycles. The van der Waals surface area contributed by atoms with Gasteiger partial charge in [0.15, 0.2) is 0 Å². The maximum atomic E-state index is 12.0. The molecule has 2 nitrogen and oxygen atoms in total. The van der Waals surface area contributed by atoms with Crippen LogP contribution in [0.4, 0.5) is 0 Å². The molecule has 0 spiro atoms. The molecule has 204 valence electrons. The molecule has 2 heteroatoms. The van der Waals surface area contributed by atoms with E-state index in [-0.39, 0.29) is 5.91 Å². The molecule has 0 bridgehead atoms. The monoisotopic (exact) mass is 480 g/mol. The average molecular weight is 480 g/mol. The van der Waals surface area contributed by atoms with E-state index in [1.165, 1.54) is 161 Å². The van der Waals surface area contributed by atoms with Crippen molar-refractivity contribution in [1.82, 2.24) is 5.32 Å². The standard InChI is InChI=1S/C32H65NO/c1-3-5-7-9-11-13-15-16-17-18-19-21-23-25-27-29-31-33-32(34)30-28-26-24-22-20-14-12-10-8-6-4-2/h3-31H2,1-2H3,(H,33,34). The van der Waals surface area contributed by atoms with E-state index in [9.17, 15) is 4.79 Å². The minimum atomic E-state index is 0.275. The molecule has 1 amide bonds. The zero-order valence-electron chi connectivity index (χ0n) is 23.9. The predicted octanol–water partition coefficient (Wildman–Crippen LogP) is 11.1. The molecule has 0 atom stereocenters. The van der Waals surface area contributed by atoms with Gasteiger partial charge in [0.1, 0.15) is 0 Å². The van der Waals surface area contributed by atoms with Crippen molar-refractivity contribution in [3.63, 3.8) is 0 Å². The van der Waals surface area contributed by atoms with Crippen LogP contribution in [0, 0.1) is 0 Å². The smallest absolute Gasteiger partial charge is 0.219 e. The Morgan fingerprint density at radius 3 is 0.971 bits per heavy atom. The molecule has 0 heterocycles. The van der Waals surface area contributed by atoms with Gasteiger partial charge in [0.25, 0.3) is 0 Å². The van der Waals surface area contributed by atoms with Crippen LogP contribution >= 0.6 is 0 Å². The van der Waals surface area contributed by atoms with Crippen molar-refractivity contribution in [1.29, 1.82) is 0 Å². The van der Waals surface area contributed by atoms with Crippen LogP contribution in [0.15, 0.2) is 0 Å². The number of carbonyl (C=O) groups excluding carboxylic acids is 1. The Kier molecular flexibility index (Phi) is 30.0. The minimum Gasteiger partial charge on any atom is -0.356 e. The zero-order chi connectivity index (χ0) is 24.8. The quantitative estimate of drug-likeness (QED) is 0.106. The Bertz CT molecular complexity index is 381. The number of carbonyl (C=O) groups is 1. The summed E-state index contributed by atoms with van der Waals surface area (Å²) in [4.78, 5) is 12.0. The van der Waals surface area contributed by atoms with Gasteiger partial charge >= 0.3 is 0 Å². The fourth-order valence-electron chi connectivity index (χ4n) is 4.94. The van der Waals surface area contributed by atoms with Crippen LogP contribution in [-0.4, -0.2) is 12.5 Å². The lowest BCUT2D eigenvalue weighted by Crippen LogP contribution is -2.23. The molecular formula is C32H65NO. The summed E-state index contributed by atoms with van der Waals surface area (Å²) in [6.45, 7) is 5.46. The number of hydrogen-bond donors (Lipinski definition) is 1. The fourth-order valence-corrected chi connectivity index (χ4v) is 4.94. The first-order chi connectivity index (χ1) is 16.8. The van der Waals surface area contributed by atoms with Crippen LogP contribution in [0.5, 0.6) is 0 Å². The highest BCUT2D eigenvalue weighted by molar-refractivity contribution is 5.75. The van der Waals surface area contributed by atoms with Gasteiger partial charge in [-0.25, -0.2) is 0 Å². The first-order valence-corrected chi connectivity index (χ1v) is 16.1. The second-order valence-corrected chi connectivity index (χ2v) is 10.9. The summed E-state index contributed by atoms with van der Waals surface area (Å²) in [7, 11) is 0. The second kappa shape index (κ2) is 30.5. The molecule has 0 fully saturated rings. The lowest BCUT2D eigenvalue weighted by atomic mass is 10.0. The first kappa shape index (κ1) is 33.5. The lowest BCUT2D eigenvalue weighted by molar-refractivity contribution is -0.121. The van der Waals surface area contributed by atoms with E-state index in [1.54, 1.807) is 0 Å². The highest BCUT2D eigenvalue weighted by Gasteiger charge is 2.01. The van der Waals surface area contributed by atoms with Gasteiger partial charge in [0.2, 0.25) is 5.91 Å². The van der Waals surface area contributed by atoms with E-state index in [0.29, 0.717) is 0 Å². The molecule has 0 rings (SSSR count). The minimum absolute atomic E-state index is 0.275. The molecule has 0 unspecified atom stereocenters. The molecule has 0 aliphatic heterocycles. The van der Waals surface area contributed by atoms with E-state index in [0.717, 1.165) is 25.8 Å². The van der Waals surface area contributed by atoms with E-state index in [1.807, 2.05) is 0 Å². The Labute approximate surface area is 216 Å². The molecule has 0 radical (unpaired) electrons. The van der Waals surface area contributed by atoms with Crippen molar-refractivity contribution in [2.75, 3.05) is 6.54 Å². The molecule has 0 aromatic heterocycles. The van der Waals surface area contributed by atoms with Crippen LogP contribution in [-0.2, 0) is 4.79 Å². The van der Waals surface area contributed by atoms with Gasteiger partial charge in [0.05, 0.1) is 0 Å². The molecule has 34 heavy (non-hydrogen) atoms. The van der Waals surface area contributed by atoms with Gasteiger partial charge in [-0.3, -0.25) is 4.79 Å². The summed E-state index contributed by atoms with van der Waals surface area (Å²) in [6.07, 6.45) is 37.9. The third-order valence-corrected chi connectivity index (χ3v) is 7.36. The maximum Gasteiger partial charge on any atom is 0.219 e. The molecule has 0 saturated heterocycles. The number of amides is 1. The van der Waals surface area contributed by atoms with Gasteiger partial charge in [-0.2, -0.15) is 0 Å². The largest absolute Gasteiger partial charge is 0.356 e. The Balaban J connectivity index is 3.13. The summed E-state index contributed by atoms with van der Waals surface area (Å²) in [6, 6.07) is 0. The van der Waals surface area contributed by atoms with Crippen molar-refractivity contribution in [2.45, 2.75) is 194 Å². The van der Waals surface area contributed by atoms with Crippen molar-refractivity contribution >= 4 is 5.91 Å². The van der Waals surface area contributed by atoms with Gasteiger partial charge in [-0.1, -0.05) is 174 Å². The van der Waals surface area contributed by atoms with Crippen LogP contribution in [0.2, 0.25) is 0 Å². The normalized spacial score (nSPS) is 11.2. The second-order valence-electron chi connectivity index (χ2n) is 10.9. The molecule has 0 aromatic carbocycles. The summed E-state index contributed by atoms with van der Waals surface area (Å²) in [5, 5.41) is 3.13. The summed E-state index contributed by atoms with van der Waals surface area (Å²) >= 11 is 0. The van der Waals surface area contributed by atoms with Crippen LogP contribution in [0.3, 0.4) is 0 Å². The van der Waals surface area contributed by atoms with Crippen molar-refractivity contribution < 1.29 is 4.79 Å². The van der Waals surface area contributed by atoms with E-state index < -0.39 is 0 Å². The fraction of sp³-hybridized carbons (Fsp3) is 0.969. The predicted molar refractivity (Wildman–Crippen MR) is 154 cm³/mol. The Hall–Kier alpha value is -0.530. The summed E-state index contributed by atoms with van der Waals surface area (Å²) in [5.41, 5.74) is 0. The maximum absolute atomic E-state index is 12.0.